The van der Waals surface area contributed by atoms with Gasteiger partial charge in [-0.05, 0) is 38.1 Å². The van der Waals surface area contributed by atoms with Gasteiger partial charge in [0, 0.05) is 36.9 Å². The van der Waals surface area contributed by atoms with Crippen molar-refractivity contribution in [2.24, 2.45) is 0 Å². The molecule has 0 radical (unpaired) electrons. The van der Waals surface area contributed by atoms with E-state index in [2.05, 4.69) is 29.0 Å². The Labute approximate surface area is 136 Å². The number of amides is 1. The molecule has 1 fully saturated rings. The number of nitrogens with zero attached hydrogens (tertiary/aromatic N) is 3. The summed E-state index contributed by atoms with van der Waals surface area (Å²) < 4.78 is 7.49. The number of hydrogen-bond acceptors (Lipinski definition) is 4. The maximum absolute atomic E-state index is 12.0. The first-order valence-electron chi connectivity index (χ1n) is 7.86. The third-order valence-electron chi connectivity index (χ3n) is 3.82. The van der Waals surface area contributed by atoms with E-state index in [0.717, 1.165) is 24.5 Å². The van der Waals surface area contributed by atoms with Gasteiger partial charge in [-0.3, -0.25) is 4.79 Å². The molecule has 0 bridgehead atoms. The molecular weight excluding hydrogens is 292 g/mol. The molecule has 0 saturated carbocycles. The monoisotopic (exact) mass is 314 g/mol. The lowest BCUT2D eigenvalue weighted by Crippen LogP contribution is -2.45. The van der Waals surface area contributed by atoms with Gasteiger partial charge < -0.3 is 19.5 Å². The molecule has 6 heteroatoms. The van der Waals surface area contributed by atoms with E-state index in [9.17, 15) is 4.79 Å². The summed E-state index contributed by atoms with van der Waals surface area (Å²) in [6.45, 7) is 6.22. The van der Waals surface area contributed by atoms with E-state index >= 15 is 0 Å². The number of carbonyl (C=O) groups excluding carboxylic acids is 1. The second-order valence-electron chi connectivity index (χ2n) is 5.99. The van der Waals surface area contributed by atoms with E-state index in [-0.39, 0.29) is 24.7 Å². The Morgan fingerprint density at radius 1 is 1.26 bits per heavy atom. The first kappa shape index (κ1) is 15.6. The van der Waals surface area contributed by atoms with Crippen LogP contribution >= 0.6 is 0 Å². The topological polar surface area (TPSA) is 59.4 Å². The molecule has 2 aromatic rings. The van der Waals surface area contributed by atoms with Crippen molar-refractivity contribution in [2.75, 3.05) is 23.3 Å². The molecule has 0 spiro atoms. The van der Waals surface area contributed by atoms with Crippen LogP contribution in [0.2, 0.25) is 0 Å². The van der Waals surface area contributed by atoms with Crippen LogP contribution in [0.15, 0.2) is 43.0 Å². The van der Waals surface area contributed by atoms with Crippen molar-refractivity contribution in [3.63, 3.8) is 0 Å². The molecule has 2 heterocycles. The quantitative estimate of drug-likeness (QED) is 0.939. The van der Waals surface area contributed by atoms with Crippen LogP contribution in [-0.4, -0.2) is 40.8 Å². The number of rotatable bonds is 4. The van der Waals surface area contributed by atoms with E-state index in [1.807, 2.05) is 24.3 Å². The third kappa shape index (κ3) is 4.10. The lowest BCUT2D eigenvalue weighted by molar-refractivity contribution is -0.116. The minimum absolute atomic E-state index is 0.0654. The van der Waals surface area contributed by atoms with Crippen LogP contribution in [0.3, 0.4) is 0 Å². The van der Waals surface area contributed by atoms with Gasteiger partial charge in [0.1, 0.15) is 6.54 Å². The van der Waals surface area contributed by atoms with Gasteiger partial charge in [-0.1, -0.05) is 0 Å². The molecule has 1 saturated heterocycles. The zero-order chi connectivity index (χ0) is 16.2. The molecule has 1 aromatic heterocycles. The summed E-state index contributed by atoms with van der Waals surface area (Å²) in [5, 5.41) is 2.90. The number of carbonyl (C=O) groups is 1. The van der Waals surface area contributed by atoms with Crippen molar-refractivity contribution < 1.29 is 9.53 Å². The molecule has 2 atom stereocenters. The number of hydrogen-bond donors (Lipinski definition) is 1. The van der Waals surface area contributed by atoms with E-state index < -0.39 is 0 Å². The second kappa shape index (κ2) is 6.83. The van der Waals surface area contributed by atoms with E-state index in [1.165, 1.54) is 0 Å². The summed E-state index contributed by atoms with van der Waals surface area (Å²) in [6.07, 6.45) is 5.51. The van der Waals surface area contributed by atoms with Crippen molar-refractivity contribution in [2.45, 2.75) is 32.6 Å². The first-order valence-corrected chi connectivity index (χ1v) is 7.86. The summed E-state index contributed by atoms with van der Waals surface area (Å²) in [6, 6.07) is 7.95. The van der Waals surface area contributed by atoms with Crippen LogP contribution < -0.4 is 10.2 Å². The molecule has 6 nitrogen and oxygen atoms in total. The molecule has 1 N–H and O–H groups in total. The van der Waals surface area contributed by atoms with Crippen molar-refractivity contribution in [1.29, 1.82) is 0 Å². The van der Waals surface area contributed by atoms with E-state index in [0.29, 0.717) is 0 Å². The Kier molecular flexibility index (Phi) is 4.62. The largest absolute Gasteiger partial charge is 0.372 e. The number of benzene rings is 1. The van der Waals surface area contributed by atoms with Gasteiger partial charge in [0.2, 0.25) is 5.91 Å². The number of nitrogens with one attached hydrogen (secondary N) is 1. The van der Waals surface area contributed by atoms with Crippen LogP contribution in [0.5, 0.6) is 0 Å². The van der Waals surface area contributed by atoms with Crippen LogP contribution in [0.25, 0.3) is 0 Å². The van der Waals surface area contributed by atoms with Gasteiger partial charge in [-0.15, -0.1) is 0 Å². The molecule has 1 aliphatic rings. The number of aromatic nitrogens is 2. The van der Waals surface area contributed by atoms with Gasteiger partial charge in [-0.25, -0.2) is 4.98 Å². The minimum atomic E-state index is -0.0654. The predicted molar refractivity (Wildman–Crippen MR) is 89.5 cm³/mol. The number of imidazole rings is 1. The molecule has 0 unspecified atom stereocenters. The highest BCUT2D eigenvalue weighted by molar-refractivity contribution is 5.90. The minimum Gasteiger partial charge on any atom is -0.372 e. The zero-order valence-corrected chi connectivity index (χ0v) is 13.5. The Hall–Kier alpha value is -2.34. The third-order valence-corrected chi connectivity index (χ3v) is 3.82. The standard InChI is InChI=1S/C17H22N4O2/c1-13-9-21(10-14(2)23-13)16-5-3-15(4-6-16)19-17(22)11-20-8-7-18-12-20/h3-8,12-14H,9-11H2,1-2H3,(H,19,22)/t13-,14-/m1/s1. The summed E-state index contributed by atoms with van der Waals surface area (Å²) in [5.41, 5.74) is 1.95. The van der Waals surface area contributed by atoms with Gasteiger partial charge in [0.05, 0.1) is 18.5 Å². The Balaban J connectivity index is 1.59. The molecule has 23 heavy (non-hydrogen) atoms. The fraction of sp³-hybridized carbons (Fsp3) is 0.412. The van der Waals surface area contributed by atoms with Crippen LogP contribution in [0, 0.1) is 0 Å². The van der Waals surface area contributed by atoms with Crippen LogP contribution in [0.1, 0.15) is 13.8 Å². The lowest BCUT2D eigenvalue weighted by Gasteiger charge is -2.36. The van der Waals surface area contributed by atoms with Gasteiger partial charge in [0.25, 0.3) is 0 Å². The molecule has 1 aliphatic heterocycles. The van der Waals surface area contributed by atoms with Gasteiger partial charge in [0.15, 0.2) is 0 Å². The Bertz CT molecular complexity index is 629. The molecule has 1 amide bonds. The fourth-order valence-electron chi connectivity index (χ4n) is 2.89. The maximum Gasteiger partial charge on any atom is 0.244 e. The summed E-state index contributed by atoms with van der Waals surface area (Å²) in [4.78, 5) is 18.2. The van der Waals surface area contributed by atoms with Crippen molar-refractivity contribution >= 4 is 17.3 Å². The normalized spacial score (nSPS) is 21.2. The Morgan fingerprint density at radius 3 is 2.57 bits per heavy atom. The molecule has 1 aromatic carbocycles. The molecule has 0 aliphatic carbocycles. The number of anilines is 2. The number of ether oxygens (including phenoxy) is 1. The highest BCUT2D eigenvalue weighted by atomic mass is 16.5. The van der Waals surface area contributed by atoms with Crippen molar-refractivity contribution in [3.05, 3.63) is 43.0 Å². The maximum atomic E-state index is 12.0. The molecule has 3 rings (SSSR count). The van der Waals surface area contributed by atoms with Crippen LogP contribution in [-0.2, 0) is 16.1 Å². The van der Waals surface area contributed by atoms with Crippen LogP contribution in [0.4, 0.5) is 11.4 Å². The van der Waals surface area contributed by atoms with Crippen molar-refractivity contribution in [1.82, 2.24) is 9.55 Å². The second-order valence-corrected chi connectivity index (χ2v) is 5.99. The summed E-state index contributed by atoms with van der Waals surface area (Å²) in [5.74, 6) is -0.0654. The predicted octanol–water partition coefficient (Wildman–Crippen LogP) is 2.14. The summed E-state index contributed by atoms with van der Waals surface area (Å²) in [7, 11) is 0. The molecule has 122 valence electrons. The van der Waals surface area contributed by atoms with Crippen molar-refractivity contribution in [3.8, 4) is 0 Å². The van der Waals surface area contributed by atoms with E-state index in [1.54, 1.807) is 23.3 Å². The molecular formula is C17H22N4O2. The lowest BCUT2D eigenvalue weighted by atomic mass is 10.2. The van der Waals surface area contributed by atoms with Gasteiger partial charge >= 0.3 is 0 Å². The first-order chi connectivity index (χ1) is 11.1. The van der Waals surface area contributed by atoms with Gasteiger partial charge in [-0.2, -0.15) is 0 Å². The Morgan fingerprint density at radius 2 is 1.96 bits per heavy atom. The highest BCUT2D eigenvalue weighted by Crippen LogP contribution is 2.22. The smallest absolute Gasteiger partial charge is 0.244 e. The fourth-order valence-corrected chi connectivity index (χ4v) is 2.89. The average molecular weight is 314 g/mol. The number of morpholine rings is 1. The zero-order valence-electron chi connectivity index (χ0n) is 13.5. The summed E-state index contributed by atoms with van der Waals surface area (Å²) >= 11 is 0. The SMILES string of the molecule is C[C@@H]1CN(c2ccc(NC(=O)Cn3ccnc3)cc2)C[C@@H](C)O1. The highest BCUT2D eigenvalue weighted by Gasteiger charge is 2.22. The average Bonchev–Trinajstić information content (AvgIpc) is 2.99. The van der Waals surface area contributed by atoms with E-state index in [4.69, 9.17) is 4.74 Å².